The minimum atomic E-state index is -0.681. The van der Waals surface area contributed by atoms with Crippen LogP contribution in [0.1, 0.15) is 0 Å². The maximum atomic E-state index is 13.2. The van der Waals surface area contributed by atoms with E-state index in [1.165, 1.54) is 36.4 Å². The SMILES string of the molecule is Fc1ccc(-c2cc(F)c(Br)c(F)c2)cc1. The van der Waals surface area contributed by atoms with Crippen LogP contribution < -0.4 is 0 Å². The second kappa shape index (κ2) is 4.29. The quantitative estimate of drug-likeness (QED) is 0.676. The van der Waals surface area contributed by atoms with Gasteiger partial charge in [0.2, 0.25) is 0 Å². The molecule has 0 spiro atoms. The maximum absolute atomic E-state index is 13.2. The van der Waals surface area contributed by atoms with E-state index >= 15 is 0 Å². The first-order valence-electron chi connectivity index (χ1n) is 4.48. The van der Waals surface area contributed by atoms with Crippen molar-refractivity contribution >= 4 is 15.9 Å². The summed E-state index contributed by atoms with van der Waals surface area (Å²) in [6.07, 6.45) is 0. The normalized spacial score (nSPS) is 10.5. The molecule has 0 bridgehead atoms. The Bertz CT molecular complexity index is 497. The van der Waals surface area contributed by atoms with E-state index in [9.17, 15) is 13.2 Å². The average Bonchev–Trinajstić information content (AvgIpc) is 2.26. The minimum absolute atomic E-state index is 0.196. The Kier molecular flexibility index (Phi) is 3.01. The summed E-state index contributed by atoms with van der Waals surface area (Å²) in [5, 5.41) is 0. The molecule has 2 aromatic carbocycles. The molecule has 0 heterocycles. The van der Waals surface area contributed by atoms with Gasteiger partial charge in [0.15, 0.2) is 0 Å². The minimum Gasteiger partial charge on any atom is -0.207 e. The van der Waals surface area contributed by atoms with Crippen molar-refractivity contribution in [2.45, 2.75) is 0 Å². The van der Waals surface area contributed by atoms with Crippen molar-refractivity contribution in [3.63, 3.8) is 0 Å². The van der Waals surface area contributed by atoms with E-state index in [1.807, 2.05) is 0 Å². The lowest BCUT2D eigenvalue weighted by Gasteiger charge is -2.04. The molecule has 0 atom stereocenters. The van der Waals surface area contributed by atoms with E-state index < -0.39 is 11.6 Å². The van der Waals surface area contributed by atoms with Crippen LogP contribution in [0.2, 0.25) is 0 Å². The number of hydrogen-bond acceptors (Lipinski definition) is 0. The zero-order chi connectivity index (χ0) is 11.7. The standard InChI is InChI=1S/C12H6BrF3/c13-12-10(15)5-8(6-11(12)16)7-1-3-9(14)4-2-7/h1-6H. The van der Waals surface area contributed by atoms with Crippen LogP contribution in [-0.4, -0.2) is 0 Å². The molecule has 0 aromatic heterocycles. The third-order valence-electron chi connectivity index (χ3n) is 2.16. The summed E-state index contributed by atoms with van der Waals surface area (Å²) in [6, 6.07) is 7.82. The Morgan fingerprint density at radius 3 is 1.75 bits per heavy atom. The third kappa shape index (κ3) is 2.11. The maximum Gasteiger partial charge on any atom is 0.140 e. The molecule has 0 N–H and O–H groups in total. The molecule has 0 radical (unpaired) electrons. The van der Waals surface area contributed by atoms with Crippen molar-refractivity contribution < 1.29 is 13.2 Å². The molecular formula is C12H6BrF3. The van der Waals surface area contributed by atoms with Gasteiger partial charge in [0.05, 0.1) is 4.47 Å². The van der Waals surface area contributed by atoms with Gasteiger partial charge in [-0.05, 0) is 51.3 Å². The lowest BCUT2D eigenvalue weighted by molar-refractivity contribution is 0.573. The number of benzene rings is 2. The molecule has 0 saturated carbocycles. The van der Waals surface area contributed by atoms with Gasteiger partial charge >= 0.3 is 0 Å². The monoisotopic (exact) mass is 286 g/mol. The fourth-order valence-electron chi connectivity index (χ4n) is 1.36. The van der Waals surface area contributed by atoms with Crippen molar-refractivity contribution in [2.24, 2.45) is 0 Å². The first-order valence-corrected chi connectivity index (χ1v) is 5.27. The second-order valence-electron chi connectivity index (χ2n) is 3.26. The summed E-state index contributed by atoms with van der Waals surface area (Å²) in [4.78, 5) is 0. The van der Waals surface area contributed by atoms with E-state index in [-0.39, 0.29) is 10.3 Å². The highest BCUT2D eigenvalue weighted by Crippen LogP contribution is 2.27. The molecule has 0 fully saturated rings. The van der Waals surface area contributed by atoms with Gasteiger partial charge in [0.25, 0.3) is 0 Å². The Morgan fingerprint density at radius 1 is 0.750 bits per heavy atom. The van der Waals surface area contributed by atoms with Crippen LogP contribution in [0.3, 0.4) is 0 Å². The lowest BCUT2D eigenvalue weighted by Crippen LogP contribution is -1.87. The van der Waals surface area contributed by atoms with Crippen molar-refractivity contribution in [3.8, 4) is 11.1 Å². The molecule has 82 valence electrons. The molecule has 16 heavy (non-hydrogen) atoms. The molecule has 0 unspecified atom stereocenters. The van der Waals surface area contributed by atoms with Gasteiger partial charge in [0.1, 0.15) is 17.5 Å². The van der Waals surface area contributed by atoms with E-state index in [2.05, 4.69) is 15.9 Å². The topological polar surface area (TPSA) is 0 Å². The molecule has 0 aliphatic heterocycles. The van der Waals surface area contributed by atoms with Crippen molar-refractivity contribution in [1.29, 1.82) is 0 Å². The first-order chi connectivity index (χ1) is 7.58. The fourth-order valence-corrected chi connectivity index (χ4v) is 1.59. The van der Waals surface area contributed by atoms with E-state index in [1.54, 1.807) is 0 Å². The lowest BCUT2D eigenvalue weighted by atomic mass is 10.1. The van der Waals surface area contributed by atoms with Crippen LogP contribution in [-0.2, 0) is 0 Å². The van der Waals surface area contributed by atoms with Crippen LogP contribution in [0, 0.1) is 17.5 Å². The van der Waals surface area contributed by atoms with Gasteiger partial charge in [0, 0.05) is 0 Å². The Labute approximate surface area is 98.9 Å². The fraction of sp³-hybridized carbons (Fsp3) is 0. The smallest absolute Gasteiger partial charge is 0.140 e. The van der Waals surface area contributed by atoms with Crippen LogP contribution in [0.4, 0.5) is 13.2 Å². The predicted octanol–water partition coefficient (Wildman–Crippen LogP) is 4.53. The van der Waals surface area contributed by atoms with Crippen LogP contribution in [0.15, 0.2) is 40.9 Å². The summed E-state index contributed by atoms with van der Waals surface area (Å²) >= 11 is 2.79. The highest BCUT2D eigenvalue weighted by atomic mass is 79.9. The molecule has 0 aliphatic carbocycles. The highest BCUT2D eigenvalue weighted by molar-refractivity contribution is 9.10. The number of rotatable bonds is 1. The number of hydrogen-bond donors (Lipinski definition) is 0. The van der Waals surface area contributed by atoms with Crippen molar-refractivity contribution in [3.05, 3.63) is 58.3 Å². The van der Waals surface area contributed by atoms with Crippen LogP contribution in [0.5, 0.6) is 0 Å². The average molecular weight is 287 g/mol. The zero-order valence-corrected chi connectivity index (χ0v) is 9.56. The Morgan fingerprint density at radius 2 is 1.25 bits per heavy atom. The van der Waals surface area contributed by atoms with Gasteiger partial charge in [-0.3, -0.25) is 0 Å². The predicted molar refractivity (Wildman–Crippen MR) is 59.5 cm³/mol. The summed E-state index contributed by atoms with van der Waals surface area (Å²) in [6.45, 7) is 0. The Balaban J connectivity index is 2.52. The van der Waals surface area contributed by atoms with Crippen molar-refractivity contribution in [2.75, 3.05) is 0 Å². The third-order valence-corrected chi connectivity index (χ3v) is 2.92. The number of halogens is 4. The molecule has 0 amide bonds. The molecule has 2 aromatic rings. The summed E-state index contributed by atoms with van der Waals surface area (Å²) < 4.78 is 39.0. The summed E-state index contributed by atoms with van der Waals surface area (Å²) in [5.74, 6) is -1.75. The van der Waals surface area contributed by atoms with E-state index in [0.29, 0.717) is 11.1 Å². The van der Waals surface area contributed by atoms with Gasteiger partial charge < -0.3 is 0 Å². The van der Waals surface area contributed by atoms with Crippen LogP contribution in [0.25, 0.3) is 11.1 Å². The molecule has 0 saturated heterocycles. The van der Waals surface area contributed by atoms with Gasteiger partial charge in [-0.15, -0.1) is 0 Å². The molecule has 0 nitrogen and oxygen atoms in total. The molecule has 0 aliphatic rings. The highest BCUT2D eigenvalue weighted by Gasteiger charge is 2.09. The van der Waals surface area contributed by atoms with Crippen LogP contribution >= 0.6 is 15.9 Å². The van der Waals surface area contributed by atoms with E-state index in [4.69, 9.17) is 0 Å². The largest absolute Gasteiger partial charge is 0.207 e. The summed E-state index contributed by atoms with van der Waals surface area (Å²) in [7, 11) is 0. The van der Waals surface area contributed by atoms with Gasteiger partial charge in [-0.2, -0.15) is 0 Å². The molecule has 4 heteroatoms. The molecular weight excluding hydrogens is 281 g/mol. The van der Waals surface area contributed by atoms with E-state index in [0.717, 1.165) is 0 Å². The first kappa shape index (κ1) is 11.2. The zero-order valence-electron chi connectivity index (χ0n) is 7.98. The summed E-state index contributed by atoms with van der Waals surface area (Å²) in [5.41, 5.74) is 0.935. The molecule has 2 rings (SSSR count). The van der Waals surface area contributed by atoms with Gasteiger partial charge in [-0.25, -0.2) is 13.2 Å². The van der Waals surface area contributed by atoms with Crippen molar-refractivity contribution in [1.82, 2.24) is 0 Å². The van der Waals surface area contributed by atoms with Gasteiger partial charge in [-0.1, -0.05) is 12.1 Å². The second-order valence-corrected chi connectivity index (χ2v) is 4.05. The Hall–Kier alpha value is -1.29.